The highest BCUT2D eigenvalue weighted by molar-refractivity contribution is 9.10. The fraction of sp³-hybridized carbons (Fsp3) is 0.292. The van der Waals surface area contributed by atoms with Crippen molar-refractivity contribution in [2.75, 3.05) is 5.32 Å². The number of benzene rings is 2. The number of hydrogen-bond donors (Lipinski definition) is 1. The number of nitrogens with zero attached hydrogens (tertiary/aromatic N) is 2. The Morgan fingerprint density at radius 1 is 1.09 bits per heavy atom. The molecule has 2 aromatic rings. The van der Waals surface area contributed by atoms with E-state index >= 15 is 0 Å². The average Bonchev–Trinajstić information content (AvgIpc) is 3.46. The van der Waals surface area contributed by atoms with Gasteiger partial charge in [0, 0.05) is 22.3 Å². The first-order valence-corrected chi connectivity index (χ1v) is 11.5. The van der Waals surface area contributed by atoms with Crippen LogP contribution in [-0.2, 0) is 14.4 Å². The molecule has 168 valence electrons. The van der Waals surface area contributed by atoms with Crippen LogP contribution in [0.15, 0.2) is 65.2 Å². The zero-order valence-corrected chi connectivity index (χ0v) is 19.0. The first-order chi connectivity index (χ1) is 15.8. The Hall–Kier alpha value is -3.33. The minimum absolute atomic E-state index is 0.0805. The number of likely N-dealkylation sites (tertiary alicyclic amines) is 1. The summed E-state index contributed by atoms with van der Waals surface area (Å²) in [5, 5.41) is 13.6. The average molecular weight is 510 g/mol. The van der Waals surface area contributed by atoms with E-state index in [9.17, 15) is 24.5 Å². The molecular weight excluding hydrogens is 490 g/mol. The Labute approximate surface area is 197 Å². The second-order valence-electron chi connectivity index (χ2n) is 8.67. The number of nitro benzene ring substituents is 1. The lowest BCUT2D eigenvalue weighted by atomic mass is 9.85. The molecule has 5 rings (SSSR count). The monoisotopic (exact) mass is 509 g/mol. The summed E-state index contributed by atoms with van der Waals surface area (Å²) in [4.78, 5) is 51.3. The van der Waals surface area contributed by atoms with Gasteiger partial charge in [0.2, 0.25) is 17.7 Å². The van der Waals surface area contributed by atoms with E-state index in [4.69, 9.17) is 0 Å². The van der Waals surface area contributed by atoms with Gasteiger partial charge in [0.05, 0.1) is 29.2 Å². The van der Waals surface area contributed by atoms with Gasteiger partial charge < -0.3 is 5.32 Å². The number of non-ortho nitro benzene ring substituents is 1. The van der Waals surface area contributed by atoms with Crippen LogP contribution in [0.2, 0.25) is 0 Å². The van der Waals surface area contributed by atoms with Crippen molar-refractivity contribution in [3.05, 3.63) is 80.8 Å². The first kappa shape index (κ1) is 21.5. The van der Waals surface area contributed by atoms with Gasteiger partial charge in [-0.05, 0) is 48.1 Å². The highest BCUT2D eigenvalue weighted by Crippen LogP contribution is 2.54. The summed E-state index contributed by atoms with van der Waals surface area (Å²) in [6, 6.07) is 12.0. The zero-order chi connectivity index (χ0) is 23.3. The van der Waals surface area contributed by atoms with E-state index in [2.05, 4.69) is 21.2 Å². The topological polar surface area (TPSA) is 110 Å². The fourth-order valence-electron chi connectivity index (χ4n) is 5.36. The summed E-state index contributed by atoms with van der Waals surface area (Å²) in [6.07, 6.45) is 4.79. The summed E-state index contributed by atoms with van der Waals surface area (Å²) in [6.45, 7) is 0. The van der Waals surface area contributed by atoms with E-state index in [1.54, 1.807) is 12.1 Å². The smallest absolute Gasteiger partial charge is 0.269 e. The lowest BCUT2D eigenvalue weighted by Crippen LogP contribution is -2.38. The third kappa shape index (κ3) is 3.76. The van der Waals surface area contributed by atoms with Gasteiger partial charge in [0.15, 0.2) is 0 Å². The van der Waals surface area contributed by atoms with Gasteiger partial charge in [0.25, 0.3) is 5.69 Å². The number of hydrogen-bond acceptors (Lipinski definition) is 5. The number of carbonyl (C=O) groups is 3. The molecule has 2 bridgehead atoms. The first-order valence-electron chi connectivity index (χ1n) is 10.7. The van der Waals surface area contributed by atoms with E-state index in [0.29, 0.717) is 11.3 Å². The minimum atomic E-state index is -0.745. The van der Waals surface area contributed by atoms with Crippen LogP contribution in [0.4, 0.5) is 11.4 Å². The van der Waals surface area contributed by atoms with Crippen LogP contribution < -0.4 is 5.32 Å². The molecule has 3 aliphatic rings. The fourth-order valence-corrected chi connectivity index (χ4v) is 5.78. The number of nitrogens with one attached hydrogen (secondary N) is 1. The van der Waals surface area contributed by atoms with Gasteiger partial charge in [-0.25, -0.2) is 0 Å². The largest absolute Gasteiger partial charge is 0.326 e. The van der Waals surface area contributed by atoms with E-state index in [1.807, 2.05) is 24.3 Å². The molecule has 9 heteroatoms. The number of halogens is 1. The lowest BCUT2D eigenvalue weighted by Gasteiger charge is -2.28. The van der Waals surface area contributed by atoms with E-state index in [-0.39, 0.29) is 47.6 Å². The summed E-state index contributed by atoms with van der Waals surface area (Å²) >= 11 is 3.43. The standard InChI is InChI=1S/C24H20BrN3O5/c25-16-3-1-2-13(11-16)19(12-20(29)26-17-6-8-18(9-7-17)28(32)33)27-23(30)21-14-4-5-15(10-14)22(21)24(27)31/h1-9,11,14-15,19,21-22H,10,12H2,(H,26,29). The quantitative estimate of drug-likeness (QED) is 0.271. The van der Waals surface area contributed by atoms with Gasteiger partial charge in [-0.1, -0.05) is 40.2 Å². The Kier molecular flexibility index (Phi) is 5.36. The van der Waals surface area contributed by atoms with Crippen molar-refractivity contribution in [2.45, 2.75) is 18.9 Å². The van der Waals surface area contributed by atoms with Crippen LogP contribution in [0.25, 0.3) is 0 Å². The summed E-state index contributed by atoms with van der Waals surface area (Å²) in [5.74, 6) is -1.35. The molecule has 1 heterocycles. The predicted molar refractivity (Wildman–Crippen MR) is 123 cm³/mol. The summed E-state index contributed by atoms with van der Waals surface area (Å²) < 4.78 is 0.779. The molecule has 8 nitrogen and oxygen atoms in total. The summed E-state index contributed by atoms with van der Waals surface area (Å²) in [7, 11) is 0. The molecular formula is C24H20BrN3O5. The number of rotatable bonds is 6. The molecule has 5 unspecified atom stereocenters. The van der Waals surface area contributed by atoms with Crippen LogP contribution in [0.5, 0.6) is 0 Å². The van der Waals surface area contributed by atoms with Gasteiger partial charge in [-0.15, -0.1) is 0 Å². The zero-order valence-electron chi connectivity index (χ0n) is 17.4. The maximum absolute atomic E-state index is 13.4. The van der Waals surface area contributed by atoms with Crippen molar-refractivity contribution in [3.63, 3.8) is 0 Å². The molecule has 1 aliphatic heterocycles. The maximum atomic E-state index is 13.4. The van der Waals surface area contributed by atoms with Gasteiger partial charge >= 0.3 is 0 Å². The lowest BCUT2D eigenvalue weighted by molar-refractivity contribution is -0.384. The van der Waals surface area contributed by atoms with Crippen LogP contribution >= 0.6 is 15.9 Å². The SMILES string of the molecule is O=C(CC(c1cccc(Br)c1)N1C(=O)C2C3C=CC(C3)C2C1=O)Nc1ccc([N+](=O)[O-])cc1. The number of nitro groups is 1. The molecule has 2 aromatic carbocycles. The molecule has 0 spiro atoms. The van der Waals surface area contributed by atoms with Gasteiger partial charge in [-0.2, -0.15) is 0 Å². The molecule has 3 amide bonds. The molecule has 0 radical (unpaired) electrons. The molecule has 2 aliphatic carbocycles. The van der Waals surface area contributed by atoms with Crippen molar-refractivity contribution in [1.29, 1.82) is 0 Å². The third-order valence-electron chi connectivity index (χ3n) is 6.79. The Morgan fingerprint density at radius 2 is 1.73 bits per heavy atom. The highest BCUT2D eigenvalue weighted by atomic mass is 79.9. The molecule has 2 fully saturated rings. The van der Waals surface area contributed by atoms with Crippen molar-refractivity contribution in [3.8, 4) is 0 Å². The third-order valence-corrected chi connectivity index (χ3v) is 7.28. The molecule has 5 atom stereocenters. The Bertz CT molecular complexity index is 1160. The Balaban J connectivity index is 1.41. The molecule has 1 saturated carbocycles. The predicted octanol–water partition coefficient (Wildman–Crippen LogP) is 4.23. The van der Waals surface area contributed by atoms with Crippen LogP contribution in [0, 0.1) is 33.8 Å². The molecule has 33 heavy (non-hydrogen) atoms. The number of anilines is 1. The van der Waals surface area contributed by atoms with E-state index < -0.39 is 16.9 Å². The van der Waals surface area contributed by atoms with Crippen LogP contribution in [0.1, 0.15) is 24.4 Å². The van der Waals surface area contributed by atoms with Crippen LogP contribution in [0.3, 0.4) is 0 Å². The number of imide groups is 1. The van der Waals surface area contributed by atoms with Crippen molar-refractivity contribution in [2.24, 2.45) is 23.7 Å². The van der Waals surface area contributed by atoms with Gasteiger partial charge in [0.1, 0.15) is 0 Å². The normalized spacial score (nSPS) is 25.9. The summed E-state index contributed by atoms with van der Waals surface area (Å²) in [5.41, 5.74) is 1.00. The van der Waals surface area contributed by atoms with Gasteiger partial charge in [-0.3, -0.25) is 29.4 Å². The Morgan fingerprint density at radius 3 is 2.30 bits per heavy atom. The maximum Gasteiger partial charge on any atom is 0.269 e. The number of allylic oxidation sites excluding steroid dienone is 2. The molecule has 1 saturated heterocycles. The van der Waals surface area contributed by atoms with Crippen LogP contribution in [-0.4, -0.2) is 27.5 Å². The van der Waals surface area contributed by atoms with Crippen molar-refractivity contribution >= 4 is 45.0 Å². The van der Waals surface area contributed by atoms with E-state index in [1.165, 1.54) is 29.2 Å². The number of fused-ring (bicyclic) bond motifs is 5. The second kappa shape index (κ2) is 8.22. The van der Waals surface area contributed by atoms with E-state index in [0.717, 1.165) is 10.9 Å². The number of carbonyl (C=O) groups excluding carboxylic acids is 3. The van der Waals surface area contributed by atoms with Crippen molar-refractivity contribution < 1.29 is 19.3 Å². The van der Waals surface area contributed by atoms with Crippen molar-refractivity contribution in [1.82, 2.24) is 4.90 Å². The highest BCUT2D eigenvalue weighted by Gasteiger charge is 2.60. The minimum Gasteiger partial charge on any atom is -0.326 e. The molecule has 0 aromatic heterocycles. The number of amides is 3. The molecule has 1 N–H and O–H groups in total. The second-order valence-corrected chi connectivity index (χ2v) is 9.59.